The van der Waals surface area contributed by atoms with E-state index in [4.69, 9.17) is 19.1 Å². The van der Waals surface area contributed by atoms with Gasteiger partial charge in [-0.2, -0.15) is 0 Å². The molecule has 0 fully saturated rings. The third kappa shape index (κ3) is 5.19. The van der Waals surface area contributed by atoms with Crippen LogP contribution in [0.3, 0.4) is 0 Å². The Labute approximate surface area is 188 Å². The minimum Gasteiger partial charge on any atom is -0.473 e. The number of para-hydroxylation sites is 2. The summed E-state index contributed by atoms with van der Waals surface area (Å²) < 4.78 is 11.7. The predicted molar refractivity (Wildman–Crippen MR) is 126 cm³/mol. The minimum absolute atomic E-state index is 0.00759. The van der Waals surface area contributed by atoms with Crippen LogP contribution in [0.15, 0.2) is 59.0 Å². The van der Waals surface area contributed by atoms with E-state index in [0.29, 0.717) is 17.7 Å². The largest absolute Gasteiger partial charge is 0.473 e. The lowest BCUT2D eigenvalue weighted by molar-refractivity contribution is 0.234. The average Bonchev–Trinajstić information content (AvgIpc) is 3.25. The van der Waals surface area contributed by atoms with E-state index in [1.54, 1.807) is 0 Å². The van der Waals surface area contributed by atoms with Crippen molar-refractivity contribution >= 4 is 17.1 Å². The van der Waals surface area contributed by atoms with Crippen LogP contribution >= 0.6 is 0 Å². The Morgan fingerprint density at radius 1 is 0.938 bits per heavy atom. The minimum atomic E-state index is 0.00759. The summed E-state index contributed by atoms with van der Waals surface area (Å²) in [5.41, 5.74) is 4.48. The van der Waals surface area contributed by atoms with Crippen molar-refractivity contribution in [1.29, 1.82) is 0 Å². The Morgan fingerprint density at radius 3 is 2.44 bits per heavy atom. The molecule has 0 bridgehead atoms. The number of hydrogen-bond donors (Lipinski definition) is 0. The number of ether oxygens (including phenoxy) is 1. The quantitative estimate of drug-likeness (QED) is 0.331. The summed E-state index contributed by atoms with van der Waals surface area (Å²) in [6, 6.07) is 16.1. The van der Waals surface area contributed by atoms with Gasteiger partial charge in [0, 0.05) is 17.9 Å². The van der Waals surface area contributed by atoms with Crippen molar-refractivity contribution in [2.24, 2.45) is 0 Å². The number of allylic oxidation sites excluding steroid dienone is 1. The molecule has 0 unspecified atom stereocenters. The van der Waals surface area contributed by atoms with Gasteiger partial charge in [-0.25, -0.2) is 9.97 Å². The first-order valence-corrected chi connectivity index (χ1v) is 11.0. The molecule has 2 aromatic carbocycles. The zero-order valence-corrected chi connectivity index (χ0v) is 18.9. The fourth-order valence-electron chi connectivity index (χ4n) is 3.29. The Hall–Kier alpha value is -3.54. The fraction of sp³-hybridized carbons (Fsp3) is 0.308. The highest BCUT2D eigenvalue weighted by molar-refractivity contribution is 5.80. The Kier molecular flexibility index (Phi) is 6.59. The molecule has 2 heterocycles. The third-order valence-electron chi connectivity index (χ3n) is 4.86. The second kappa shape index (κ2) is 9.73. The molecule has 32 heavy (non-hydrogen) atoms. The first-order chi connectivity index (χ1) is 15.5. The van der Waals surface area contributed by atoms with Gasteiger partial charge in [0.05, 0.1) is 17.1 Å². The maximum atomic E-state index is 6.00. The van der Waals surface area contributed by atoms with E-state index in [0.717, 1.165) is 40.7 Å². The van der Waals surface area contributed by atoms with Gasteiger partial charge in [0.2, 0.25) is 17.7 Å². The van der Waals surface area contributed by atoms with E-state index in [-0.39, 0.29) is 12.0 Å². The van der Waals surface area contributed by atoms with Gasteiger partial charge in [0.25, 0.3) is 0 Å². The van der Waals surface area contributed by atoms with Gasteiger partial charge < -0.3 is 9.15 Å². The standard InChI is InChI=1S/C26H28N4O2/c1-17(2)25-30-29-23(32-25)15-8-5-10-19-11-9-12-20(16-19)24-26(31-18(3)4)28-22-14-7-6-13-21(22)27-24/h5-7,9-14,16-18H,8,15H2,1-4H3/b10-5+. The van der Waals surface area contributed by atoms with Crippen LogP contribution in [-0.4, -0.2) is 26.3 Å². The molecule has 0 aliphatic carbocycles. The van der Waals surface area contributed by atoms with E-state index in [1.165, 1.54) is 0 Å². The molecule has 6 nitrogen and oxygen atoms in total. The van der Waals surface area contributed by atoms with Crippen molar-refractivity contribution in [1.82, 2.24) is 20.2 Å². The van der Waals surface area contributed by atoms with E-state index >= 15 is 0 Å². The molecule has 4 rings (SSSR count). The molecule has 0 atom stereocenters. The highest BCUT2D eigenvalue weighted by atomic mass is 16.5. The van der Waals surface area contributed by atoms with Crippen molar-refractivity contribution in [3.05, 3.63) is 72.0 Å². The van der Waals surface area contributed by atoms with Gasteiger partial charge in [-0.3, -0.25) is 0 Å². The molecular formula is C26H28N4O2. The summed E-state index contributed by atoms with van der Waals surface area (Å²) in [5.74, 6) is 2.16. The van der Waals surface area contributed by atoms with Gasteiger partial charge >= 0.3 is 0 Å². The van der Waals surface area contributed by atoms with Crippen LogP contribution in [0.5, 0.6) is 5.88 Å². The van der Waals surface area contributed by atoms with Gasteiger partial charge in [-0.05, 0) is 44.0 Å². The van der Waals surface area contributed by atoms with Crippen LogP contribution in [0.2, 0.25) is 0 Å². The second-order valence-electron chi connectivity index (χ2n) is 8.29. The topological polar surface area (TPSA) is 73.9 Å². The Morgan fingerprint density at radius 2 is 1.72 bits per heavy atom. The maximum Gasteiger partial charge on any atom is 0.241 e. The van der Waals surface area contributed by atoms with Crippen LogP contribution in [0, 0.1) is 0 Å². The maximum absolute atomic E-state index is 6.00. The number of benzene rings is 2. The highest BCUT2D eigenvalue weighted by Gasteiger charge is 2.14. The van der Waals surface area contributed by atoms with E-state index in [9.17, 15) is 0 Å². The van der Waals surface area contributed by atoms with Gasteiger partial charge in [-0.1, -0.05) is 56.3 Å². The van der Waals surface area contributed by atoms with Crippen molar-refractivity contribution in [3.8, 4) is 17.1 Å². The molecular weight excluding hydrogens is 400 g/mol. The molecule has 4 aromatic rings. The lowest BCUT2D eigenvalue weighted by Crippen LogP contribution is -2.09. The van der Waals surface area contributed by atoms with Crippen LogP contribution in [0.4, 0.5) is 0 Å². The SMILES string of the molecule is CC(C)Oc1nc2ccccc2nc1-c1cccc(/C=C/CCc2nnc(C(C)C)o2)c1. The lowest BCUT2D eigenvalue weighted by atomic mass is 10.1. The number of nitrogens with zero attached hydrogens (tertiary/aromatic N) is 4. The zero-order valence-electron chi connectivity index (χ0n) is 18.9. The number of aryl methyl sites for hydroxylation is 1. The monoisotopic (exact) mass is 428 g/mol. The second-order valence-corrected chi connectivity index (χ2v) is 8.29. The Balaban J connectivity index is 1.54. The summed E-state index contributed by atoms with van der Waals surface area (Å²) in [4.78, 5) is 9.57. The van der Waals surface area contributed by atoms with Crippen molar-refractivity contribution in [2.45, 2.75) is 52.6 Å². The Bertz CT molecular complexity index is 1230. The number of rotatable bonds is 8. The van der Waals surface area contributed by atoms with E-state index < -0.39 is 0 Å². The van der Waals surface area contributed by atoms with Crippen LogP contribution in [0.1, 0.15) is 57.4 Å². The molecule has 0 saturated carbocycles. The zero-order chi connectivity index (χ0) is 22.5. The first-order valence-electron chi connectivity index (χ1n) is 11.0. The third-order valence-corrected chi connectivity index (χ3v) is 4.86. The molecule has 0 saturated heterocycles. The summed E-state index contributed by atoms with van der Waals surface area (Å²) in [6.45, 7) is 8.07. The summed E-state index contributed by atoms with van der Waals surface area (Å²) in [7, 11) is 0. The summed E-state index contributed by atoms with van der Waals surface area (Å²) >= 11 is 0. The smallest absolute Gasteiger partial charge is 0.241 e. The number of hydrogen-bond acceptors (Lipinski definition) is 6. The predicted octanol–water partition coefficient (Wildman–Crippen LogP) is 6.24. The van der Waals surface area contributed by atoms with Gasteiger partial charge in [0.1, 0.15) is 5.69 Å². The van der Waals surface area contributed by atoms with Gasteiger partial charge in [-0.15, -0.1) is 10.2 Å². The molecule has 0 radical (unpaired) electrons. The van der Waals surface area contributed by atoms with Crippen molar-refractivity contribution in [3.63, 3.8) is 0 Å². The normalized spacial score (nSPS) is 11.8. The highest BCUT2D eigenvalue weighted by Crippen LogP contribution is 2.30. The molecule has 164 valence electrons. The average molecular weight is 429 g/mol. The molecule has 0 aliphatic rings. The summed E-state index contributed by atoms with van der Waals surface area (Å²) in [5, 5.41) is 8.20. The van der Waals surface area contributed by atoms with Crippen molar-refractivity contribution in [2.75, 3.05) is 0 Å². The van der Waals surface area contributed by atoms with Crippen molar-refractivity contribution < 1.29 is 9.15 Å². The molecule has 6 heteroatoms. The van der Waals surface area contributed by atoms with Crippen LogP contribution < -0.4 is 4.74 Å². The fourth-order valence-corrected chi connectivity index (χ4v) is 3.29. The molecule has 0 N–H and O–H groups in total. The molecule has 2 aromatic heterocycles. The number of fused-ring (bicyclic) bond motifs is 1. The van der Waals surface area contributed by atoms with Gasteiger partial charge in [0.15, 0.2) is 0 Å². The van der Waals surface area contributed by atoms with E-state index in [2.05, 4.69) is 34.5 Å². The van der Waals surface area contributed by atoms with Crippen LogP contribution in [0.25, 0.3) is 28.4 Å². The van der Waals surface area contributed by atoms with Crippen LogP contribution in [-0.2, 0) is 6.42 Å². The lowest BCUT2D eigenvalue weighted by Gasteiger charge is -2.14. The van der Waals surface area contributed by atoms with E-state index in [1.807, 2.05) is 64.1 Å². The molecule has 0 amide bonds. The molecule has 0 aliphatic heterocycles. The molecule has 0 spiro atoms. The summed E-state index contributed by atoms with van der Waals surface area (Å²) in [6.07, 6.45) is 5.77. The number of aromatic nitrogens is 4. The first kappa shape index (κ1) is 21.7.